The summed E-state index contributed by atoms with van der Waals surface area (Å²) in [5, 5.41) is 12.5. The van der Waals surface area contributed by atoms with Gasteiger partial charge in [-0.2, -0.15) is 0 Å². The Morgan fingerprint density at radius 1 is 1.40 bits per heavy atom. The average Bonchev–Trinajstić information content (AvgIpc) is 2.41. The number of allylic oxidation sites excluding steroid dienone is 1. The van der Waals surface area contributed by atoms with E-state index in [0.717, 1.165) is 10.6 Å². The maximum atomic E-state index is 10.4. The molecular weight excluding hydrogens is 212 g/mol. The number of nitrogens with one attached hydrogen (secondary N) is 1. The Kier molecular flexibility index (Phi) is 2.73. The standard InChI is InChI=1S/C10H8N2O2S/c13-10(14)12-7-5-11-8-3-1-2-4-9(8)15-6-7/h1-6,12H,(H,13,14). The largest absolute Gasteiger partial charge is 0.465 e. The first kappa shape index (κ1) is 9.79. The normalized spacial score (nSPS) is 13.7. The summed E-state index contributed by atoms with van der Waals surface area (Å²) in [5.41, 5.74) is 1.32. The molecule has 76 valence electrons. The second kappa shape index (κ2) is 4.18. The monoisotopic (exact) mass is 220 g/mol. The van der Waals surface area contributed by atoms with Crippen molar-refractivity contribution in [3.05, 3.63) is 35.4 Å². The van der Waals surface area contributed by atoms with E-state index in [9.17, 15) is 4.79 Å². The fourth-order valence-corrected chi connectivity index (χ4v) is 1.92. The Labute approximate surface area is 90.7 Å². The minimum absolute atomic E-state index is 0.476. The zero-order chi connectivity index (χ0) is 10.7. The van der Waals surface area contributed by atoms with E-state index in [2.05, 4.69) is 10.3 Å². The molecule has 0 radical (unpaired) electrons. The van der Waals surface area contributed by atoms with Gasteiger partial charge in [0, 0.05) is 10.3 Å². The Morgan fingerprint density at radius 3 is 3.00 bits per heavy atom. The second-order valence-corrected chi connectivity index (χ2v) is 3.76. The van der Waals surface area contributed by atoms with Crippen molar-refractivity contribution in [3.63, 3.8) is 0 Å². The van der Waals surface area contributed by atoms with Crippen LogP contribution >= 0.6 is 11.8 Å². The van der Waals surface area contributed by atoms with Crippen molar-refractivity contribution in [2.75, 3.05) is 0 Å². The molecule has 1 heterocycles. The van der Waals surface area contributed by atoms with Gasteiger partial charge in [0.2, 0.25) is 0 Å². The molecule has 1 aliphatic heterocycles. The van der Waals surface area contributed by atoms with E-state index in [4.69, 9.17) is 5.11 Å². The van der Waals surface area contributed by atoms with Crippen LogP contribution in [0.15, 0.2) is 45.3 Å². The molecular formula is C10H8N2O2S. The lowest BCUT2D eigenvalue weighted by Crippen LogP contribution is -2.20. The first-order valence-corrected chi connectivity index (χ1v) is 5.13. The van der Waals surface area contributed by atoms with Crippen LogP contribution in [-0.2, 0) is 0 Å². The number of carbonyl (C=O) groups is 1. The average molecular weight is 220 g/mol. The quantitative estimate of drug-likeness (QED) is 0.764. The highest BCUT2D eigenvalue weighted by atomic mass is 32.2. The van der Waals surface area contributed by atoms with Crippen LogP contribution in [0.25, 0.3) is 0 Å². The van der Waals surface area contributed by atoms with Gasteiger partial charge in [-0.3, -0.25) is 10.3 Å². The van der Waals surface area contributed by atoms with E-state index < -0.39 is 6.09 Å². The second-order valence-electron chi connectivity index (χ2n) is 2.85. The molecule has 0 aliphatic carbocycles. The first-order chi connectivity index (χ1) is 7.25. The number of hydrogen-bond acceptors (Lipinski definition) is 3. The topological polar surface area (TPSA) is 61.7 Å². The van der Waals surface area contributed by atoms with Crippen LogP contribution in [0, 0.1) is 0 Å². The summed E-state index contributed by atoms with van der Waals surface area (Å²) in [6.07, 6.45) is 0.423. The number of thioether (sulfide) groups is 1. The minimum Gasteiger partial charge on any atom is -0.465 e. The molecule has 1 aromatic carbocycles. The van der Waals surface area contributed by atoms with Crippen molar-refractivity contribution in [1.82, 2.24) is 5.32 Å². The Bertz CT molecular complexity index is 454. The maximum Gasteiger partial charge on any atom is 0.409 e. The fourth-order valence-electron chi connectivity index (χ4n) is 1.15. The molecule has 0 spiro atoms. The summed E-state index contributed by atoms with van der Waals surface area (Å²) in [6, 6.07) is 7.64. The third kappa shape index (κ3) is 2.38. The van der Waals surface area contributed by atoms with Gasteiger partial charge < -0.3 is 5.11 Å². The number of carboxylic acid groups (broad SMARTS) is 1. The molecule has 0 saturated heterocycles. The summed E-state index contributed by atoms with van der Waals surface area (Å²) < 4.78 is 0. The van der Waals surface area contributed by atoms with Crippen LogP contribution in [0.2, 0.25) is 0 Å². The molecule has 0 aromatic heterocycles. The fraction of sp³-hybridized carbons (Fsp3) is 0. The summed E-state index contributed by atoms with van der Waals surface area (Å²) in [7, 11) is 0. The number of fused-ring (bicyclic) bond motifs is 1. The molecule has 15 heavy (non-hydrogen) atoms. The Hall–Kier alpha value is -1.75. The molecule has 0 atom stereocenters. The van der Waals surface area contributed by atoms with Crippen molar-refractivity contribution >= 4 is 29.8 Å². The minimum atomic E-state index is -1.08. The van der Waals surface area contributed by atoms with E-state index >= 15 is 0 Å². The Morgan fingerprint density at radius 2 is 2.20 bits per heavy atom. The number of hydrogen-bond donors (Lipinski definition) is 2. The van der Waals surface area contributed by atoms with Crippen LogP contribution < -0.4 is 5.32 Å². The number of para-hydroxylation sites is 1. The van der Waals surface area contributed by atoms with Gasteiger partial charge in [0.25, 0.3) is 0 Å². The SMILES string of the molecule is O=C(O)NC1=CSc2ccccc2N=C1. The van der Waals surface area contributed by atoms with Crippen molar-refractivity contribution < 1.29 is 9.90 Å². The summed E-state index contributed by atoms with van der Waals surface area (Å²) >= 11 is 1.45. The zero-order valence-corrected chi connectivity index (χ0v) is 8.49. The number of nitrogens with zero attached hydrogens (tertiary/aromatic N) is 1. The van der Waals surface area contributed by atoms with E-state index in [0.29, 0.717) is 5.70 Å². The highest BCUT2D eigenvalue weighted by Crippen LogP contribution is 2.32. The maximum absolute atomic E-state index is 10.4. The van der Waals surface area contributed by atoms with Crippen LogP contribution in [-0.4, -0.2) is 17.4 Å². The molecule has 1 aromatic rings. The number of benzene rings is 1. The smallest absolute Gasteiger partial charge is 0.409 e. The lowest BCUT2D eigenvalue weighted by Gasteiger charge is -1.98. The van der Waals surface area contributed by atoms with Crippen molar-refractivity contribution in [1.29, 1.82) is 0 Å². The molecule has 1 amide bonds. The van der Waals surface area contributed by atoms with E-state index in [-0.39, 0.29) is 0 Å². The van der Waals surface area contributed by atoms with Crippen molar-refractivity contribution in [2.45, 2.75) is 4.90 Å². The molecule has 0 fully saturated rings. The van der Waals surface area contributed by atoms with Gasteiger partial charge in [-0.25, -0.2) is 4.79 Å². The number of rotatable bonds is 1. The molecule has 0 bridgehead atoms. The zero-order valence-electron chi connectivity index (χ0n) is 7.68. The lowest BCUT2D eigenvalue weighted by molar-refractivity contribution is 0.198. The predicted molar refractivity (Wildman–Crippen MR) is 59.7 cm³/mol. The molecule has 0 saturated carbocycles. The third-order valence-corrected chi connectivity index (χ3v) is 2.74. The van der Waals surface area contributed by atoms with Crippen LogP contribution in [0.1, 0.15) is 0 Å². The molecule has 4 nitrogen and oxygen atoms in total. The summed E-state index contributed by atoms with van der Waals surface area (Å²) in [6.45, 7) is 0. The van der Waals surface area contributed by atoms with Gasteiger partial charge in [-0.05, 0) is 12.1 Å². The molecule has 1 aliphatic rings. The highest BCUT2D eigenvalue weighted by Gasteiger charge is 2.06. The summed E-state index contributed by atoms with van der Waals surface area (Å²) in [4.78, 5) is 15.6. The predicted octanol–water partition coefficient (Wildman–Crippen LogP) is 2.60. The lowest BCUT2D eigenvalue weighted by atomic mass is 10.3. The van der Waals surface area contributed by atoms with E-state index in [1.165, 1.54) is 18.0 Å². The molecule has 0 unspecified atom stereocenters. The summed E-state index contributed by atoms with van der Waals surface area (Å²) in [5.74, 6) is 0. The first-order valence-electron chi connectivity index (χ1n) is 4.25. The third-order valence-electron chi connectivity index (χ3n) is 1.77. The molecule has 2 N–H and O–H groups in total. The van der Waals surface area contributed by atoms with E-state index in [1.807, 2.05) is 24.3 Å². The van der Waals surface area contributed by atoms with Gasteiger partial charge in [0.1, 0.15) is 0 Å². The highest BCUT2D eigenvalue weighted by molar-refractivity contribution is 8.02. The number of amides is 1. The van der Waals surface area contributed by atoms with E-state index in [1.54, 1.807) is 5.41 Å². The van der Waals surface area contributed by atoms with Crippen molar-refractivity contribution in [2.24, 2.45) is 4.99 Å². The van der Waals surface area contributed by atoms with Crippen LogP contribution in [0.4, 0.5) is 10.5 Å². The molecule has 2 rings (SSSR count). The molecule has 5 heteroatoms. The van der Waals surface area contributed by atoms with Gasteiger partial charge >= 0.3 is 6.09 Å². The van der Waals surface area contributed by atoms with Gasteiger partial charge in [0.15, 0.2) is 0 Å². The van der Waals surface area contributed by atoms with Crippen molar-refractivity contribution in [3.8, 4) is 0 Å². The van der Waals surface area contributed by atoms with Crippen LogP contribution in [0.3, 0.4) is 0 Å². The Balaban J connectivity index is 2.25. The van der Waals surface area contributed by atoms with Gasteiger partial charge in [-0.15, -0.1) is 0 Å². The van der Waals surface area contributed by atoms with Gasteiger partial charge in [0.05, 0.1) is 17.6 Å². The van der Waals surface area contributed by atoms with Crippen LogP contribution in [0.5, 0.6) is 0 Å². The number of aliphatic imine (C=N–C) groups is 1. The van der Waals surface area contributed by atoms with Gasteiger partial charge in [-0.1, -0.05) is 23.9 Å².